The molecule has 0 unspecified atom stereocenters. The van der Waals surface area contributed by atoms with E-state index in [0.717, 1.165) is 0 Å². The molecule has 0 aromatic heterocycles. The van der Waals surface area contributed by atoms with Crippen molar-refractivity contribution in [2.45, 2.75) is 24.0 Å². The van der Waals surface area contributed by atoms with Gasteiger partial charge in [-0.3, -0.25) is 0 Å². The summed E-state index contributed by atoms with van der Waals surface area (Å²) in [5.74, 6) is 0. The third-order valence-corrected chi connectivity index (χ3v) is 2.06. The standard InChI is InChI=1S/C6H11NO6/c8-2-6(7-12)5(11)4(10)3(9)1-13-6/h3-5,8-11H,1-2H2/t3-,4+,5-,6+/m1/s1. The van der Waals surface area contributed by atoms with Gasteiger partial charge in [0.1, 0.15) is 18.3 Å². The summed E-state index contributed by atoms with van der Waals surface area (Å²) in [5.41, 5.74) is -2.06. The second-order valence-electron chi connectivity index (χ2n) is 2.91. The molecule has 0 spiro atoms. The van der Waals surface area contributed by atoms with Gasteiger partial charge in [-0.2, -0.15) is 0 Å². The summed E-state index contributed by atoms with van der Waals surface area (Å²) in [6, 6.07) is 0. The van der Waals surface area contributed by atoms with Crippen molar-refractivity contribution in [1.29, 1.82) is 0 Å². The molecule has 1 saturated heterocycles. The van der Waals surface area contributed by atoms with Gasteiger partial charge in [0.2, 0.25) is 0 Å². The van der Waals surface area contributed by atoms with E-state index in [9.17, 15) is 10.0 Å². The Morgan fingerprint density at radius 3 is 2.54 bits per heavy atom. The fourth-order valence-corrected chi connectivity index (χ4v) is 1.14. The van der Waals surface area contributed by atoms with Gasteiger partial charge < -0.3 is 25.2 Å². The maximum absolute atomic E-state index is 10.3. The summed E-state index contributed by atoms with van der Waals surface area (Å²) in [4.78, 5) is 10.3. The van der Waals surface area contributed by atoms with Gasteiger partial charge in [0.05, 0.1) is 13.2 Å². The Bertz CT molecular complexity index is 200. The van der Waals surface area contributed by atoms with Crippen LogP contribution in [0.15, 0.2) is 5.18 Å². The molecule has 1 fully saturated rings. The van der Waals surface area contributed by atoms with E-state index in [4.69, 9.17) is 15.3 Å². The van der Waals surface area contributed by atoms with Crippen LogP contribution in [0.2, 0.25) is 0 Å². The van der Waals surface area contributed by atoms with Crippen LogP contribution in [-0.2, 0) is 4.74 Å². The number of ether oxygens (including phenoxy) is 1. The average molecular weight is 193 g/mol. The number of aliphatic hydroxyl groups excluding tert-OH is 4. The molecule has 13 heavy (non-hydrogen) atoms. The lowest BCUT2D eigenvalue weighted by Gasteiger charge is -2.39. The number of nitrogens with zero attached hydrogens (tertiary/aromatic N) is 1. The summed E-state index contributed by atoms with van der Waals surface area (Å²) in [6.45, 7) is -1.20. The number of rotatable bonds is 2. The molecule has 7 heteroatoms. The van der Waals surface area contributed by atoms with E-state index in [1.54, 1.807) is 0 Å². The lowest BCUT2D eigenvalue weighted by Crippen LogP contribution is -2.61. The normalized spacial score (nSPS) is 46.0. The first-order chi connectivity index (χ1) is 6.07. The Morgan fingerprint density at radius 1 is 1.46 bits per heavy atom. The van der Waals surface area contributed by atoms with Crippen LogP contribution in [0, 0.1) is 4.91 Å². The fraction of sp³-hybridized carbons (Fsp3) is 1.00. The van der Waals surface area contributed by atoms with Gasteiger partial charge in [-0.05, 0) is 5.18 Å². The van der Waals surface area contributed by atoms with Crippen molar-refractivity contribution >= 4 is 0 Å². The molecule has 1 rings (SSSR count). The molecule has 7 nitrogen and oxygen atoms in total. The van der Waals surface area contributed by atoms with Gasteiger partial charge in [-0.15, -0.1) is 4.91 Å². The molecule has 4 N–H and O–H groups in total. The Hall–Kier alpha value is -0.600. The SMILES string of the molecule is O=N[C@@]1(CO)OC[C@@H](O)[C@H](O)[C@H]1O. The van der Waals surface area contributed by atoms with E-state index in [-0.39, 0.29) is 6.61 Å². The van der Waals surface area contributed by atoms with Crippen molar-refractivity contribution in [2.24, 2.45) is 5.18 Å². The van der Waals surface area contributed by atoms with Gasteiger partial charge in [0, 0.05) is 0 Å². The van der Waals surface area contributed by atoms with Gasteiger partial charge in [0.25, 0.3) is 5.72 Å². The molecule has 1 heterocycles. The summed E-state index contributed by atoms with van der Waals surface area (Å²) in [5, 5.41) is 38.6. The molecular weight excluding hydrogens is 182 g/mol. The molecule has 1 aliphatic rings. The van der Waals surface area contributed by atoms with Gasteiger partial charge >= 0.3 is 0 Å². The predicted octanol–water partition coefficient (Wildman–Crippen LogP) is -2.45. The first kappa shape index (κ1) is 10.5. The smallest absolute Gasteiger partial charge is 0.252 e. The molecule has 0 amide bonds. The van der Waals surface area contributed by atoms with Crippen LogP contribution in [0.25, 0.3) is 0 Å². The molecule has 4 atom stereocenters. The van der Waals surface area contributed by atoms with E-state index in [1.165, 1.54) is 0 Å². The molecule has 0 saturated carbocycles. The molecule has 0 radical (unpaired) electrons. The second-order valence-corrected chi connectivity index (χ2v) is 2.91. The van der Waals surface area contributed by atoms with Crippen molar-refractivity contribution < 1.29 is 25.2 Å². The molecule has 76 valence electrons. The van der Waals surface area contributed by atoms with Crippen LogP contribution in [0.5, 0.6) is 0 Å². The highest BCUT2D eigenvalue weighted by molar-refractivity contribution is 4.96. The second kappa shape index (κ2) is 3.64. The fourth-order valence-electron chi connectivity index (χ4n) is 1.14. The minimum absolute atomic E-state index is 0.357. The van der Waals surface area contributed by atoms with E-state index >= 15 is 0 Å². The summed E-state index contributed by atoms with van der Waals surface area (Å²) in [6.07, 6.45) is -4.55. The van der Waals surface area contributed by atoms with Crippen molar-refractivity contribution in [2.75, 3.05) is 13.2 Å². The first-order valence-electron chi connectivity index (χ1n) is 3.71. The minimum Gasteiger partial charge on any atom is -0.391 e. The van der Waals surface area contributed by atoms with Gasteiger partial charge in [-0.25, -0.2) is 0 Å². The zero-order valence-corrected chi connectivity index (χ0v) is 6.70. The van der Waals surface area contributed by atoms with Crippen molar-refractivity contribution in [1.82, 2.24) is 0 Å². The Labute approximate surface area is 73.5 Å². The van der Waals surface area contributed by atoms with Gasteiger partial charge in [0.15, 0.2) is 0 Å². The Morgan fingerprint density at radius 2 is 2.08 bits per heavy atom. The van der Waals surface area contributed by atoms with Crippen LogP contribution < -0.4 is 0 Å². The highest BCUT2D eigenvalue weighted by atomic mass is 16.6. The third kappa shape index (κ3) is 1.56. The molecule has 0 bridgehead atoms. The average Bonchev–Trinajstić information content (AvgIpc) is 2.16. The van der Waals surface area contributed by atoms with E-state index in [0.29, 0.717) is 0 Å². The van der Waals surface area contributed by atoms with Crippen molar-refractivity contribution in [3.05, 3.63) is 4.91 Å². The van der Waals surface area contributed by atoms with Crippen molar-refractivity contribution in [3.8, 4) is 0 Å². The number of nitroso groups, excluding NO2 is 1. The molecule has 0 aromatic carbocycles. The molecule has 0 aromatic rings. The minimum atomic E-state index is -2.06. The number of hydrogen-bond acceptors (Lipinski definition) is 7. The number of hydrogen-bond donors (Lipinski definition) is 4. The summed E-state index contributed by atoms with van der Waals surface area (Å²) in [7, 11) is 0. The largest absolute Gasteiger partial charge is 0.391 e. The monoisotopic (exact) mass is 193 g/mol. The summed E-state index contributed by atoms with van der Waals surface area (Å²) >= 11 is 0. The first-order valence-corrected chi connectivity index (χ1v) is 3.71. The quantitative estimate of drug-likeness (QED) is 0.361. The maximum Gasteiger partial charge on any atom is 0.252 e. The van der Waals surface area contributed by atoms with Crippen LogP contribution in [0.4, 0.5) is 0 Å². The predicted molar refractivity (Wildman–Crippen MR) is 39.6 cm³/mol. The Balaban J connectivity index is 2.83. The third-order valence-electron chi connectivity index (χ3n) is 2.06. The van der Waals surface area contributed by atoms with E-state index in [2.05, 4.69) is 9.91 Å². The van der Waals surface area contributed by atoms with Crippen molar-refractivity contribution in [3.63, 3.8) is 0 Å². The lowest BCUT2D eigenvalue weighted by atomic mass is 9.96. The van der Waals surface area contributed by atoms with Gasteiger partial charge in [-0.1, -0.05) is 0 Å². The molecule has 1 aliphatic heterocycles. The van der Waals surface area contributed by atoms with E-state index < -0.39 is 30.6 Å². The Kier molecular flexibility index (Phi) is 2.94. The zero-order chi connectivity index (χ0) is 10.1. The highest BCUT2D eigenvalue weighted by Gasteiger charge is 2.51. The van der Waals surface area contributed by atoms with Crippen LogP contribution in [-0.4, -0.2) is 57.7 Å². The zero-order valence-electron chi connectivity index (χ0n) is 6.70. The molecule has 0 aliphatic carbocycles. The molecular formula is C6H11NO6. The van der Waals surface area contributed by atoms with Crippen LogP contribution in [0.1, 0.15) is 0 Å². The lowest BCUT2D eigenvalue weighted by molar-refractivity contribution is -0.244. The highest BCUT2D eigenvalue weighted by Crippen LogP contribution is 2.26. The maximum atomic E-state index is 10.3. The number of aliphatic hydroxyl groups is 4. The van der Waals surface area contributed by atoms with Crippen LogP contribution in [0.3, 0.4) is 0 Å². The summed E-state index contributed by atoms with van der Waals surface area (Å²) < 4.78 is 4.67. The van der Waals surface area contributed by atoms with E-state index in [1.807, 2.05) is 0 Å². The topological polar surface area (TPSA) is 120 Å². The van der Waals surface area contributed by atoms with Crippen LogP contribution >= 0.6 is 0 Å².